The van der Waals surface area contributed by atoms with Crippen molar-refractivity contribution in [2.45, 2.75) is 6.92 Å². The number of aryl methyl sites for hydroxylation is 1. The van der Waals surface area contributed by atoms with Crippen LogP contribution in [0.3, 0.4) is 0 Å². The number of hydrogen-bond donors (Lipinski definition) is 0. The van der Waals surface area contributed by atoms with Crippen molar-refractivity contribution in [1.82, 2.24) is 14.4 Å². The highest BCUT2D eigenvalue weighted by Gasteiger charge is 2.15. The molecule has 0 N–H and O–H groups in total. The van der Waals surface area contributed by atoms with Crippen LogP contribution in [-0.2, 0) is 0 Å². The molecule has 0 aliphatic carbocycles. The highest BCUT2D eigenvalue weighted by Crippen LogP contribution is 2.32. The van der Waals surface area contributed by atoms with Gasteiger partial charge < -0.3 is 0 Å². The first-order chi connectivity index (χ1) is 11.0. The first kappa shape index (κ1) is 14.8. The molecule has 0 saturated carbocycles. The number of halogens is 3. The van der Waals surface area contributed by atoms with Gasteiger partial charge in [-0.3, -0.25) is 4.40 Å². The third-order valence-electron chi connectivity index (χ3n) is 3.75. The topological polar surface area (TPSA) is 30.2 Å². The van der Waals surface area contributed by atoms with Crippen molar-refractivity contribution >= 4 is 48.5 Å². The highest BCUT2D eigenvalue weighted by molar-refractivity contribution is 9.10. The minimum atomic E-state index is -0.263. The lowest BCUT2D eigenvalue weighted by Gasteiger charge is -2.05. The number of hydrogen-bond acceptors (Lipinski definition) is 2. The van der Waals surface area contributed by atoms with E-state index in [0.717, 1.165) is 42.7 Å². The summed E-state index contributed by atoms with van der Waals surface area (Å²) < 4.78 is 16.9. The van der Waals surface area contributed by atoms with E-state index in [2.05, 4.69) is 41.8 Å². The quantitative estimate of drug-likeness (QED) is 0.394. The van der Waals surface area contributed by atoms with Crippen LogP contribution < -0.4 is 0 Å². The third kappa shape index (κ3) is 2.37. The maximum Gasteiger partial charge on any atom is 0.146 e. The molecule has 3 nitrogen and oxygen atoms in total. The van der Waals surface area contributed by atoms with E-state index in [9.17, 15) is 4.39 Å². The molecule has 114 valence electrons. The Morgan fingerprint density at radius 1 is 1.00 bits per heavy atom. The number of pyridine rings is 2. The summed E-state index contributed by atoms with van der Waals surface area (Å²) in [4.78, 5) is 9.33. The average Bonchev–Trinajstić information content (AvgIpc) is 2.87. The Morgan fingerprint density at radius 3 is 2.48 bits per heavy atom. The second-order valence-corrected chi connectivity index (χ2v) is 6.86. The summed E-state index contributed by atoms with van der Waals surface area (Å²) in [5.41, 5.74) is 4.15. The average molecular weight is 435 g/mol. The summed E-state index contributed by atoms with van der Waals surface area (Å²) in [6.07, 6.45) is 0. The van der Waals surface area contributed by atoms with Crippen LogP contribution in [0.25, 0.3) is 27.9 Å². The van der Waals surface area contributed by atoms with Crippen LogP contribution in [0.1, 0.15) is 5.69 Å². The molecule has 0 aliphatic rings. The Labute approximate surface area is 148 Å². The van der Waals surface area contributed by atoms with Crippen LogP contribution in [0.15, 0.2) is 51.5 Å². The molecule has 0 aliphatic heterocycles. The molecular weight excluding hydrogens is 425 g/mol. The molecule has 0 fully saturated rings. The van der Waals surface area contributed by atoms with E-state index in [-0.39, 0.29) is 5.82 Å². The number of aromatic nitrogens is 3. The molecule has 0 radical (unpaired) electrons. The van der Waals surface area contributed by atoms with Gasteiger partial charge in [-0.25, -0.2) is 14.4 Å². The molecule has 0 bridgehead atoms. The highest BCUT2D eigenvalue weighted by atomic mass is 79.9. The molecular formula is C17H10Br2FN3. The SMILES string of the molecule is Cc1nc2c(ccc3nc(-c4ccc(F)cc4)c(Br)n32)cc1Br. The fourth-order valence-corrected chi connectivity index (χ4v) is 3.57. The number of nitrogens with zero attached hydrogens (tertiary/aromatic N) is 3. The van der Waals surface area contributed by atoms with Crippen molar-refractivity contribution in [3.05, 3.63) is 63.1 Å². The zero-order chi connectivity index (χ0) is 16.1. The summed E-state index contributed by atoms with van der Waals surface area (Å²) in [6.45, 7) is 1.95. The van der Waals surface area contributed by atoms with Gasteiger partial charge in [0.25, 0.3) is 0 Å². The van der Waals surface area contributed by atoms with Crippen molar-refractivity contribution < 1.29 is 4.39 Å². The summed E-state index contributed by atoms with van der Waals surface area (Å²) >= 11 is 7.14. The predicted molar refractivity (Wildman–Crippen MR) is 96.0 cm³/mol. The van der Waals surface area contributed by atoms with E-state index in [1.54, 1.807) is 12.1 Å². The van der Waals surface area contributed by atoms with Gasteiger partial charge in [0.2, 0.25) is 0 Å². The normalized spacial score (nSPS) is 11.5. The van der Waals surface area contributed by atoms with E-state index < -0.39 is 0 Å². The third-order valence-corrected chi connectivity index (χ3v) is 5.28. The number of imidazole rings is 1. The summed E-state index contributed by atoms with van der Waals surface area (Å²) in [5.74, 6) is -0.263. The molecule has 4 rings (SSSR count). The molecule has 0 atom stereocenters. The Bertz CT molecular complexity index is 1060. The lowest BCUT2D eigenvalue weighted by atomic mass is 10.2. The fourth-order valence-electron chi connectivity index (χ4n) is 2.57. The monoisotopic (exact) mass is 433 g/mol. The summed E-state index contributed by atoms with van der Waals surface area (Å²) in [5, 5.41) is 1.01. The second-order valence-electron chi connectivity index (χ2n) is 5.25. The zero-order valence-electron chi connectivity index (χ0n) is 12.0. The van der Waals surface area contributed by atoms with Crippen LogP contribution in [-0.4, -0.2) is 14.4 Å². The van der Waals surface area contributed by atoms with Gasteiger partial charge in [-0.1, -0.05) is 0 Å². The molecule has 0 saturated heterocycles. The Morgan fingerprint density at radius 2 is 1.74 bits per heavy atom. The van der Waals surface area contributed by atoms with Gasteiger partial charge in [0.05, 0.1) is 5.69 Å². The number of benzene rings is 1. The van der Waals surface area contributed by atoms with E-state index >= 15 is 0 Å². The van der Waals surface area contributed by atoms with Gasteiger partial charge in [-0.05, 0) is 81.2 Å². The van der Waals surface area contributed by atoms with E-state index in [1.165, 1.54) is 12.1 Å². The Kier molecular flexibility index (Phi) is 3.46. The van der Waals surface area contributed by atoms with Crippen molar-refractivity contribution in [1.29, 1.82) is 0 Å². The fraction of sp³-hybridized carbons (Fsp3) is 0.0588. The van der Waals surface area contributed by atoms with Crippen LogP contribution in [0.5, 0.6) is 0 Å². The first-order valence-electron chi connectivity index (χ1n) is 6.94. The lowest BCUT2D eigenvalue weighted by molar-refractivity contribution is 0.628. The lowest BCUT2D eigenvalue weighted by Crippen LogP contribution is -1.94. The van der Waals surface area contributed by atoms with Crippen LogP contribution in [0.4, 0.5) is 4.39 Å². The maximum atomic E-state index is 13.1. The summed E-state index contributed by atoms with van der Waals surface area (Å²) in [6, 6.07) is 12.3. The molecule has 3 aromatic heterocycles. The number of fused-ring (bicyclic) bond motifs is 3. The molecule has 0 amide bonds. The minimum Gasteiger partial charge on any atom is -0.270 e. The molecule has 6 heteroatoms. The van der Waals surface area contributed by atoms with Gasteiger partial charge in [0.15, 0.2) is 0 Å². The van der Waals surface area contributed by atoms with Crippen molar-refractivity contribution in [3.63, 3.8) is 0 Å². The smallest absolute Gasteiger partial charge is 0.146 e. The number of rotatable bonds is 1. The van der Waals surface area contributed by atoms with E-state index in [1.807, 2.05) is 29.5 Å². The van der Waals surface area contributed by atoms with Crippen molar-refractivity contribution in [2.75, 3.05) is 0 Å². The van der Waals surface area contributed by atoms with Gasteiger partial charge in [0, 0.05) is 15.4 Å². The Balaban J connectivity index is 2.06. The Hall–Kier alpha value is -1.79. The standard InChI is InChI=1S/C17H10Br2FN3/c1-9-13(18)8-11-4-7-14-22-15(10-2-5-12(20)6-3-10)16(19)23(14)17(11)21-9/h2-8H,1H3. The van der Waals surface area contributed by atoms with Crippen molar-refractivity contribution in [3.8, 4) is 11.3 Å². The van der Waals surface area contributed by atoms with E-state index in [4.69, 9.17) is 0 Å². The molecule has 0 spiro atoms. The van der Waals surface area contributed by atoms with Gasteiger partial charge in [-0.2, -0.15) is 0 Å². The van der Waals surface area contributed by atoms with Gasteiger partial charge >= 0.3 is 0 Å². The minimum absolute atomic E-state index is 0.263. The van der Waals surface area contributed by atoms with Crippen molar-refractivity contribution in [2.24, 2.45) is 0 Å². The molecule has 4 aromatic rings. The second kappa shape index (κ2) is 5.39. The van der Waals surface area contributed by atoms with Crippen LogP contribution in [0.2, 0.25) is 0 Å². The first-order valence-corrected chi connectivity index (χ1v) is 8.53. The maximum absolute atomic E-state index is 13.1. The van der Waals surface area contributed by atoms with Gasteiger partial charge in [0.1, 0.15) is 27.4 Å². The molecule has 0 unspecified atom stereocenters. The molecule has 3 heterocycles. The predicted octanol–water partition coefficient (Wildman–Crippen LogP) is 5.52. The van der Waals surface area contributed by atoms with Gasteiger partial charge in [-0.15, -0.1) is 0 Å². The largest absolute Gasteiger partial charge is 0.270 e. The van der Waals surface area contributed by atoms with Crippen LogP contribution in [0, 0.1) is 12.7 Å². The van der Waals surface area contributed by atoms with E-state index in [0.29, 0.717) is 0 Å². The molecule has 1 aromatic carbocycles. The zero-order valence-corrected chi connectivity index (χ0v) is 15.2. The summed E-state index contributed by atoms with van der Waals surface area (Å²) in [7, 11) is 0. The van der Waals surface area contributed by atoms with Crippen LogP contribution >= 0.6 is 31.9 Å². The molecule has 23 heavy (non-hydrogen) atoms.